The molecule has 0 saturated heterocycles. The first-order valence-electron chi connectivity index (χ1n) is 5.49. The number of nitrogens with two attached hydrogens (primary N) is 1. The predicted octanol–water partition coefficient (Wildman–Crippen LogP) is 3.05. The molecule has 0 aliphatic carbocycles. The van der Waals surface area contributed by atoms with Crippen LogP contribution in [0, 0.1) is 6.92 Å². The number of halogens is 1. The first kappa shape index (κ1) is 14.3. The standard InChI is InChI=1S/C13H20BrNO2/c1-8-9(7-13(2,3)15)6-10(16-4)12(17-5)11(8)14/h6H,7,15H2,1-5H3. The van der Waals surface area contributed by atoms with Crippen molar-refractivity contribution in [3.05, 3.63) is 21.7 Å². The Kier molecular flexibility index (Phi) is 4.44. The lowest BCUT2D eigenvalue weighted by Gasteiger charge is -2.22. The second-order valence-electron chi connectivity index (χ2n) is 4.88. The molecule has 0 fully saturated rings. The molecule has 1 rings (SSSR count). The van der Waals surface area contributed by atoms with E-state index in [9.17, 15) is 0 Å². The van der Waals surface area contributed by atoms with Gasteiger partial charge in [0.1, 0.15) is 0 Å². The molecule has 0 heterocycles. The molecule has 0 unspecified atom stereocenters. The van der Waals surface area contributed by atoms with Gasteiger partial charge >= 0.3 is 0 Å². The molecule has 17 heavy (non-hydrogen) atoms. The minimum Gasteiger partial charge on any atom is -0.493 e. The third-order valence-corrected chi connectivity index (χ3v) is 3.56. The van der Waals surface area contributed by atoms with Crippen LogP contribution in [-0.2, 0) is 6.42 Å². The van der Waals surface area contributed by atoms with Crippen LogP contribution in [0.4, 0.5) is 0 Å². The second kappa shape index (κ2) is 5.27. The van der Waals surface area contributed by atoms with Crippen molar-refractivity contribution >= 4 is 15.9 Å². The van der Waals surface area contributed by atoms with Gasteiger partial charge in [-0.3, -0.25) is 0 Å². The zero-order chi connectivity index (χ0) is 13.2. The van der Waals surface area contributed by atoms with Gasteiger partial charge in [0.2, 0.25) is 0 Å². The molecule has 0 amide bonds. The maximum atomic E-state index is 6.06. The van der Waals surface area contributed by atoms with Gasteiger partial charge in [-0.25, -0.2) is 0 Å². The van der Waals surface area contributed by atoms with Crippen LogP contribution >= 0.6 is 15.9 Å². The number of hydrogen-bond donors (Lipinski definition) is 1. The van der Waals surface area contributed by atoms with Crippen LogP contribution in [0.15, 0.2) is 10.5 Å². The van der Waals surface area contributed by atoms with E-state index in [1.807, 2.05) is 26.8 Å². The van der Waals surface area contributed by atoms with Crippen molar-refractivity contribution in [1.29, 1.82) is 0 Å². The van der Waals surface area contributed by atoms with Crippen LogP contribution in [0.5, 0.6) is 11.5 Å². The summed E-state index contributed by atoms with van der Waals surface area (Å²) in [5, 5.41) is 0. The lowest BCUT2D eigenvalue weighted by Crippen LogP contribution is -2.34. The Balaban J connectivity index is 3.29. The molecule has 0 aliphatic heterocycles. The highest BCUT2D eigenvalue weighted by atomic mass is 79.9. The van der Waals surface area contributed by atoms with Gasteiger partial charge in [0.25, 0.3) is 0 Å². The summed E-state index contributed by atoms with van der Waals surface area (Å²) in [6, 6.07) is 1.99. The summed E-state index contributed by atoms with van der Waals surface area (Å²) in [5.74, 6) is 1.45. The van der Waals surface area contributed by atoms with E-state index in [0.717, 1.165) is 28.0 Å². The molecule has 0 spiro atoms. The lowest BCUT2D eigenvalue weighted by molar-refractivity contribution is 0.352. The van der Waals surface area contributed by atoms with Crippen LogP contribution in [0.3, 0.4) is 0 Å². The summed E-state index contributed by atoms with van der Waals surface area (Å²) < 4.78 is 11.6. The molecule has 1 aromatic rings. The molecular weight excluding hydrogens is 282 g/mol. The van der Waals surface area contributed by atoms with E-state index in [1.54, 1.807) is 14.2 Å². The van der Waals surface area contributed by atoms with Gasteiger partial charge in [0, 0.05) is 5.54 Å². The Bertz CT molecular complexity index is 411. The fraction of sp³-hybridized carbons (Fsp3) is 0.538. The third-order valence-electron chi connectivity index (χ3n) is 2.61. The molecular formula is C13H20BrNO2. The van der Waals surface area contributed by atoms with Crippen LogP contribution in [0.2, 0.25) is 0 Å². The number of rotatable bonds is 4. The largest absolute Gasteiger partial charge is 0.493 e. The minimum atomic E-state index is -0.246. The van der Waals surface area contributed by atoms with E-state index < -0.39 is 0 Å². The zero-order valence-corrected chi connectivity index (χ0v) is 12.6. The number of benzene rings is 1. The van der Waals surface area contributed by atoms with E-state index in [-0.39, 0.29) is 5.54 Å². The zero-order valence-electron chi connectivity index (χ0n) is 11.1. The predicted molar refractivity (Wildman–Crippen MR) is 74.0 cm³/mol. The fourth-order valence-electron chi connectivity index (χ4n) is 1.77. The van der Waals surface area contributed by atoms with E-state index in [4.69, 9.17) is 15.2 Å². The topological polar surface area (TPSA) is 44.5 Å². The molecule has 3 nitrogen and oxygen atoms in total. The Morgan fingerprint density at radius 3 is 2.29 bits per heavy atom. The summed E-state index contributed by atoms with van der Waals surface area (Å²) in [6.07, 6.45) is 0.789. The van der Waals surface area contributed by atoms with Crippen LogP contribution in [0.1, 0.15) is 25.0 Å². The van der Waals surface area contributed by atoms with Crippen molar-refractivity contribution in [2.24, 2.45) is 5.73 Å². The van der Waals surface area contributed by atoms with Gasteiger partial charge in [-0.05, 0) is 60.3 Å². The normalized spacial score (nSPS) is 11.5. The van der Waals surface area contributed by atoms with Gasteiger partial charge in [0.15, 0.2) is 11.5 Å². The van der Waals surface area contributed by atoms with Crippen molar-refractivity contribution in [3.8, 4) is 11.5 Å². The van der Waals surface area contributed by atoms with Gasteiger partial charge in [-0.1, -0.05) is 0 Å². The highest BCUT2D eigenvalue weighted by molar-refractivity contribution is 9.10. The molecule has 0 radical (unpaired) electrons. The number of ether oxygens (including phenoxy) is 2. The fourth-order valence-corrected chi connectivity index (χ4v) is 2.38. The molecule has 0 aliphatic rings. The van der Waals surface area contributed by atoms with Crippen molar-refractivity contribution in [2.75, 3.05) is 14.2 Å². The van der Waals surface area contributed by atoms with Crippen molar-refractivity contribution < 1.29 is 9.47 Å². The van der Waals surface area contributed by atoms with E-state index in [2.05, 4.69) is 15.9 Å². The highest BCUT2D eigenvalue weighted by Crippen LogP contribution is 2.40. The average molecular weight is 302 g/mol. The summed E-state index contributed by atoms with van der Waals surface area (Å²) in [7, 11) is 3.27. The van der Waals surface area contributed by atoms with Gasteiger partial charge in [-0.2, -0.15) is 0 Å². The Hall–Kier alpha value is -0.740. The first-order valence-corrected chi connectivity index (χ1v) is 6.28. The molecule has 0 aromatic heterocycles. The smallest absolute Gasteiger partial charge is 0.175 e. The summed E-state index contributed by atoms with van der Waals surface area (Å²) >= 11 is 3.54. The lowest BCUT2D eigenvalue weighted by atomic mass is 9.93. The Morgan fingerprint density at radius 2 is 1.88 bits per heavy atom. The average Bonchev–Trinajstić information content (AvgIpc) is 2.22. The van der Waals surface area contributed by atoms with Crippen LogP contribution in [-0.4, -0.2) is 19.8 Å². The molecule has 96 valence electrons. The maximum Gasteiger partial charge on any atom is 0.175 e. The summed E-state index contributed by atoms with van der Waals surface area (Å²) in [6.45, 7) is 6.07. The number of hydrogen-bond acceptors (Lipinski definition) is 3. The number of methoxy groups -OCH3 is 2. The van der Waals surface area contributed by atoms with Crippen LogP contribution in [0.25, 0.3) is 0 Å². The van der Waals surface area contributed by atoms with Gasteiger partial charge in [0.05, 0.1) is 18.7 Å². The molecule has 4 heteroatoms. The molecule has 0 saturated carbocycles. The molecule has 2 N–H and O–H groups in total. The highest BCUT2D eigenvalue weighted by Gasteiger charge is 2.19. The van der Waals surface area contributed by atoms with Crippen molar-refractivity contribution in [2.45, 2.75) is 32.7 Å². The Morgan fingerprint density at radius 1 is 1.29 bits per heavy atom. The molecule has 0 bridgehead atoms. The minimum absolute atomic E-state index is 0.246. The Labute approximate surface area is 111 Å². The van der Waals surface area contributed by atoms with Gasteiger partial charge in [-0.15, -0.1) is 0 Å². The quantitative estimate of drug-likeness (QED) is 0.929. The van der Waals surface area contributed by atoms with Crippen molar-refractivity contribution in [3.63, 3.8) is 0 Å². The first-order chi connectivity index (χ1) is 7.80. The van der Waals surface area contributed by atoms with E-state index in [1.165, 1.54) is 5.56 Å². The second-order valence-corrected chi connectivity index (χ2v) is 5.67. The van der Waals surface area contributed by atoms with Crippen LogP contribution < -0.4 is 15.2 Å². The molecule has 1 aromatic carbocycles. The SMILES string of the molecule is COc1cc(CC(C)(C)N)c(C)c(Br)c1OC. The molecule has 0 atom stereocenters. The monoisotopic (exact) mass is 301 g/mol. The van der Waals surface area contributed by atoms with E-state index >= 15 is 0 Å². The summed E-state index contributed by atoms with van der Waals surface area (Å²) in [5.41, 5.74) is 8.12. The van der Waals surface area contributed by atoms with E-state index in [0.29, 0.717) is 0 Å². The van der Waals surface area contributed by atoms with Crippen molar-refractivity contribution in [1.82, 2.24) is 0 Å². The van der Waals surface area contributed by atoms with Gasteiger partial charge < -0.3 is 15.2 Å². The summed E-state index contributed by atoms with van der Waals surface area (Å²) in [4.78, 5) is 0. The maximum absolute atomic E-state index is 6.06. The third kappa shape index (κ3) is 3.36.